The van der Waals surface area contributed by atoms with Gasteiger partial charge >= 0.3 is 0 Å². The van der Waals surface area contributed by atoms with Crippen LogP contribution in [-0.4, -0.2) is 20.7 Å². The van der Waals surface area contributed by atoms with E-state index in [4.69, 9.17) is 5.73 Å². The smallest absolute Gasteiger partial charge is 0.211 e. The quantitative estimate of drug-likeness (QED) is 0.755. The van der Waals surface area contributed by atoms with Crippen LogP contribution in [0.2, 0.25) is 0 Å². The minimum Gasteiger partial charge on any atom is -0.399 e. The van der Waals surface area contributed by atoms with E-state index in [1.54, 1.807) is 0 Å². The van der Waals surface area contributed by atoms with Gasteiger partial charge in [0, 0.05) is 12.2 Å². The summed E-state index contributed by atoms with van der Waals surface area (Å²) < 4.78 is 25.6. The molecule has 0 saturated carbocycles. The van der Waals surface area contributed by atoms with Gasteiger partial charge in [-0.25, -0.2) is 13.1 Å². The van der Waals surface area contributed by atoms with Crippen molar-refractivity contribution in [2.45, 2.75) is 26.2 Å². The fourth-order valence-electron chi connectivity index (χ4n) is 1.44. The summed E-state index contributed by atoms with van der Waals surface area (Å²) in [6.45, 7) is 2.42. The SMILES string of the molecule is CCCCS(=O)(=O)NCCc1ccc(N)cc1.Cl. The number of benzene rings is 1. The van der Waals surface area contributed by atoms with Gasteiger partial charge < -0.3 is 5.73 Å². The molecule has 0 aliphatic carbocycles. The summed E-state index contributed by atoms with van der Waals surface area (Å²) in [5, 5.41) is 0. The maximum absolute atomic E-state index is 11.5. The number of nitrogens with one attached hydrogen (secondary N) is 1. The summed E-state index contributed by atoms with van der Waals surface area (Å²) in [6, 6.07) is 7.47. The molecular formula is C12H21ClN2O2S. The van der Waals surface area contributed by atoms with Gasteiger partial charge in [0.1, 0.15) is 0 Å². The standard InChI is InChI=1S/C12H20N2O2S.ClH/c1-2-3-10-17(15,16)14-9-8-11-4-6-12(13)7-5-11;/h4-7,14H,2-3,8-10,13H2,1H3;1H. The highest BCUT2D eigenvalue weighted by molar-refractivity contribution is 7.89. The Bertz CT molecular complexity index is 432. The molecule has 0 fully saturated rings. The highest BCUT2D eigenvalue weighted by Gasteiger charge is 2.07. The first-order valence-corrected chi connectivity index (χ1v) is 7.50. The van der Waals surface area contributed by atoms with E-state index in [0.717, 1.165) is 17.7 Å². The van der Waals surface area contributed by atoms with Crippen LogP contribution in [0, 0.1) is 0 Å². The Balaban J connectivity index is 0.00000289. The van der Waals surface area contributed by atoms with E-state index in [0.29, 0.717) is 19.4 Å². The lowest BCUT2D eigenvalue weighted by atomic mass is 10.1. The number of nitrogens with two attached hydrogens (primary N) is 1. The molecule has 3 N–H and O–H groups in total. The molecule has 0 atom stereocenters. The van der Waals surface area contributed by atoms with Crippen molar-refractivity contribution in [3.8, 4) is 0 Å². The summed E-state index contributed by atoms with van der Waals surface area (Å²) in [7, 11) is -3.10. The van der Waals surface area contributed by atoms with Gasteiger partial charge in [-0.05, 0) is 30.5 Å². The second-order valence-electron chi connectivity index (χ2n) is 4.06. The van der Waals surface area contributed by atoms with Crippen LogP contribution in [0.4, 0.5) is 5.69 Å². The maximum atomic E-state index is 11.5. The lowest BCUT2D eigenvalue weighted by Gasteiger charge is -2.06. The Kier molecular flexibility index (Phi) is 7.98. The van der Waals surface area contributed by atoms with Crippen molar-refractivity contribution < 1.29 is 8.42 Å². The van der Waals surface area contributed by atoms with Crippen molar-refractivity contribution in [3.63, 3.8) is 0 Å². The van der Waals surface area contributed by atoms with E-state index in [-0.39, 0.29) is 18.2 Å². The molecule has 0 heterocycles. The van der Waals surface area contributed by atoms with E-state index >= 15 is 0 Å². The number of rotatable bonds is 7. The van der Waals surface area contributed by atoms with Crippen molar-refractivity contribution in [2.75, 3.05) is 18.0 Å². The number of sulfonamides is 1. The zero-order chi connectivity index (χ0) is 12.7. The molecule has 4 nitrogen and oxygen atoms in total. The van der Waals surface area contributed by atoms with Gasteiger partial charge in [-0.2, -0.15) is 0 Å². The molecule has 0 amide bonds. The fourth-order valence-corrected chi connectivity index (χ4v) is 2.67. The number of halogens is 1. The zero-order valence-corrected chi connectivity index (χ0v) is 12.2. The Hall–Kier alpha value is -0.780. The van der Waals surface area contributed by atoms with Crippen LogP contribution in [0.25, 0.3) is 0 Å². The Morgan fingerprint density at radius 2 is 1.83 bits per heavy atom. The normalized spacial score (nSPS) is 10.9. The Labute approximate surface area is 115 Å². The van der Waals surface area contributed by atoms with Gasteiger partial charge in [0.05, 0.1) is 5.75 Å². The number of nitrogen functional groups attached to an aromatic ring is 1. The summed E-state index contributed by atoms with van der Waals surface area (Å²) in [4.78, 5) is 0. The molecule has 0 aromatic heterocycles. The third-order valence-corrected chi connectivity index (χ3v) is 3.95. The van der Waals surface area contributed by atoms with E-state index in [2.05, 4.69) is 4.72 Å². The Morgan fingerprint density at radius 1 is 1.22 bits per heavy atom. The summed E-state index contributed by atoms with van der Waals surface area (Å²) >= 11 is 0. The molecule has 1 aromatic rings. The summed E-state index contributed by atoms with van der Waals surface area (Å²) in [5.41, 5.74) is 7.37. The minimum absolute atomic E-state index is 0. The third-order valence-electron chi connectivity index (χ3n) is 2.48. The molecule has 0 spiro atoms. The van der Waals surface area contributed by atoms with Gasteiger partial charge in [-0.1, -0.05) is 25.5 Å². The van der Waals surface area contributed by atoms with Crippen molar-refractivity contribution in [1.29, 1.82) is 0 Å². The van der Waals surface area contributed by atoms with Gasteiger partial charge in [0.15, 0.2) is 0 Å². The molecule has 0 radical (unpaired) electrons. The minimum atomic E-state index is -3.10. The first-order chi connectivity index (χ1) is 8.03. The molecule has 0 aliphatic rings. The predicted molar refractivity (Wildman–Crippen MR) is 78.5 cm³/mol. The average Bonchev–Trinajstić information content (AvgIpc) is 2.29. The lowest BCUT2D eigenvalue weighted by molar-refractivity contribution is 0.578. The largest absolute Gasteiger partial charge is 0.399 e. The zero-order valence-electron chi connectivity index (χ0n) is 10.6. The van der Waals surface area contributed by atoms with E-state index in [1.807, 2.05) is 31.2 Å². The molecule has 0 saturated heterocycles. The van der Waals surface area contributed by atoms with Crippen LogP contribution in [0.1, 0.15) is 25.3 Å². The molecule has 0 aliphatic heterocycles. The van der Waals surface area contributed by atoms with E-state index in [9.17, 15) is 8.42 Å². The molecule has 104 valence electrons. The van der Waals surface area contributed by atoms with Gasteiger partial charge in [-0.3, -0.25) is 0 Å². The van der Waals surface area contributed by atoms with Crippen molar-refractivity contribution in [1.82, 2.24) is 4.72 Å². The van der Waals surface area contributed by atoms with Crippen LogP contribution < -0.4 is 10.5 Å². The van der Waals surface area contributed by atoms with Gasteiger partial charge in [0.25, 0.3) is 0 Å². The topological polar surface area (TPSA) is 72.2 Å². The second-order valence-corrected chi connectivity index (χ2v) is 5.98. The number of hydrogen-bond donors (Lipinski definition) is 2. The summed E-state index contributed by atoms with van der Waals surface area (Å²) in [5.74, 6) is 0.214. The summed E-state index contributed by atoms with van der Waals surface area (Å²) in [6.07, 6.45) is 2.28. The average molecular weight is 293 g/mol. The molecule has 18 heavy (non-hydrogen) atoms. The molecule has 6 heteroatoms. The van der Waals surface area contributed by atoms with E-state index in [1.165, 1.54) is 0 Å². The molecule has 0 unspecified atom stereocenters. The maximum Gasteiger partial charge on any atom is 0.211 e. The van der Waals surface area contributed by atoms with Gasteiger partial charge in [0.2, 0.25) is 10.0 Å². The first-order valence-electron chi connectivity index (χ1n) is 5.85. The fraction of sp³-hybridized carbons (Fsp3) is 0.500. The van der Waals surface area contributed by atoms with Crippen molar-refractivity contribution >= 4 is 28.1 Å². The van der Waals surface area contributed by atoms with Crippen LogP contribution in [0.5, 0.6) is 0 Å². The second kappa shape index (κ2) is 8.34. The lowest BCUT2D eigenvalue weighted by Crippen LogP contribution is -2.28. The Morgan fingerprint density at radius 3 is 2.39 bits per heavy atom. The number of anilines is 1. The van der Waals surface area contributed by atoms with Crippen molar-refractivity contribution in [3.05, 3.63) is 29.8 Å². The molecule has 0 bridgehead atoms. The van der Waals surface area contributed by atoms with Crippen LogP contribution in [0.15, 0.2) is 24.3 Å². The monoisotopic (exact) mass is 292 g/mol. The highest BCUT2D eigenvalue weighted by atomic mass is 35.5. The third kappa shape index (κ3) is 6.83. The van der Waals surface area contributed by atoms with Crippen LogP contribution >= 0.6 is 12.4 Å². The van der Waals surface area contributed by atoms with Crippen LogP contribution in [0.3, 0.4) is 0 Å². The highest BCUT2D eigenvalue weighted by Crippen LogP contribution is 2.05. The molecule has 1 rings (SSSR count). The molecule has 1 aromatic carbocycles. The van der Waals surface area contributed by atoms with Gasteiger partial charge in [-0.15, -0.1) is 12.4 Å². The van der Waals surface area contributed by atoms with Crippen LogP contribution in [-0.2, 0) is 16.4 Å². The molecular weight excluding hydrogens is 272 g/mol. The van der Waals surface area contributed by atoms with E-state index < -0.39 is 10.0 Å². The van der Waals surface area contributed by atoms with Crippen molar-refractivity contribution in [2.24, 2.45) is 0 Å². The first kappa shape index (κ1) is 17.2. The predicted octanol–water partition coefficient (Wildman–Crippen LogP) is 1.95. The number of unbranched alkanes of at least 4 members (excludes halogenated alkanes) is 1. The number of hydrogen-bond acceptors (Lipinski definition) is 3.